The third kappa shape index (κ3) is 5.28. The maximum Gasteiger partial charge on any atom is 0.338 e. The van der Waals surface area contributed by atoms with E-state index in [1.54, 1.807) is 6.92 Å². The fourth-order valence-corrected chi connectivity index (χ4v) is 5.04. The van der Waals surface area contributed by atoms with E-state index in [2.05, 4.69) is 20.4 Å². The van der Waals surface area contributed by atoms with Crippen LogP contribution in [0.3, 0.4) is 0 Å². The molecule has 168 valence electrons. The fraction of sp³-hybridized carbons (Fsp3) is 0.583. The summed E-state index contributed by atoms with van der Waals surface area (Å²) in [6.07, 6.45) is 6.70. The first kappa shape index (κ1) is 21.8. The molecule has 0 aromatic heterocycles. The molecule has 2 heterocycles. The lowest BCUT2D eigenvalue weighted by Gasteiger charge is -2.41. The standard InChI is InChI=1S/C24H34N4O3/c1-2-31-23(29)21-20(25-24(30)26-22(21)18-9-5-3-6-10-18)17-27-13-15-28(16-14-27)19-11-7-4-8-12-19/h3,5-6,9-10,19,22H,2,4,7-8,11-17H2,1H3,(H2,25,26,30). The number of amides is 2. The largest absolute Gasteiger partial charge is 0.463 e. The minimum atomic E-state index is -0.507. The number of ether oxygens (including phenoxy) is 1. The van der Waals surface area contributed by atoms with Crippen LogP contribution in [-0.2, 0) is 9.53 Å². The summed E-state index contributed by atoms with van der Waals surface area (Å²) in [6, 6.07) is 9.54. The average molecular weight is 427 g/mol. The molecule has 2 amide bonds. The van der Waals surface area contributed by atoms with Gasteiger partial charge in [-0.3, -0.25) is 9.80 Å². The second-order valence-electron chi connectivity index (χ2n) is 8.66. The number of hydrogen-bond donors (Lipinski definition) is 2. The van der Waals surface area contributed by atoms with Crippen LogP contribution in [0.1, 0.15) is 50.6 Å². The van der Waals surface area contributed by atoms with E-state index in [9.17, 15) is 9.59 Å². The normalized spacial score (nSPS) is 23.9. The molecule has 31 heavy (non-hydrogen) atoms. The van der Waals surface area contributed by atoms with Gasteiger partial charge in [0, 0.05) is 44.5 Å². The van der Waals surface area contributed by atoms with Gasteiger partial charge in [0.15, 0.2) is 0 Å². The van der Waals surface area contributed by atoms with Crippen LogP contribution in [0.15, 0.2) is 41.6 Å². The third-order valence-corrected chi connectivity index (χ3v) is 6.66. The molecule has 1 saturated heterocycles. The average Bonchev–Trinajstić information content (AvgIpc) is 2.80. The summed E-state index contributed by atoms with van der Waals surface area (Å²) in [7, 11) is 0. The first-order valence-electron chi connectivity index (χ1n) is 11.6. The maximum atomic E-state index is 12.9. The van der Waals surface area contributed by atoms with E-state index >= 15 is 0 Å². The van der Waals surface area contributed by atoms with Gasteiger partial charge >= 0.3 is 12.0 Å². The molecule has 2 aliphatic heterocycles. The van der Waals surface area contributed by atoms with E-state index in [1.807, 2.05) is 30.3 Å². The highest BCUT2D eigenvalue weighted by molar-refractivity contribution is 5.95. The zero-order valence-corrected chi connectivity index (χ0v) is 18.4. The van der Waals surface area contributed by atoms with Crippen LogP contribution in [0.2, 0.25) is 0 Å². The number of urea groups is 1. The van der Waals surface area contributed by atoms with Crippen LogP contribution >= 0.6 is 0 Å². The van der Waals surface area contributed by atoms with Gasteiger partial charge in [0.25, 0.3) is 0 Å². The summed E-state index contributed by atoms with van der Waals surface area (Å²) in [5.74, 6) is -0.375. The van der Waals surface area contributed by atoms with Crippen molar-refractivity contribution >= 4 is 12.0 Å². The number of rotatable bonds is 6. The Hall–Kier alpha value is -2.38. The topological polar surface area (TPSA) is 73.9 Å². The fourth-order valence-electron chi connectivity index (χ4n) is 5.04. The van der Waals surface area contributed by atoms with E-state index < -0.39 is 6.04 Å². The minimum Gasteiger partial charge on any atom is -0.463 e. The van der Waals surface area contributed by atoms with E-state index in [4.69, 9.17) is 4.74 Å². The number of nitrogens with one attached hydrogen (secondary N) is 2. The van der Waals surface area contributed by atoms with Crippen molar-refractivity contribution < 1.29 is 14.3 Å². The molecule has 1 aromatic rings. The van der Waals surface area contributed by atoms with Crippen molar-refractivity contribution in [3.05, 3.63) is 47.2 Å². The molecule has 1 aromatic carbocycles. The van der Waals surface area contributed by atoms with Crippen LogP contribution in [0.5, 0.6) is 0 Å². The van der Waals surface area contributed by atoms with Gasteiger partial charge in [0.05, 0.1) is 18.2 Å². The second kappa shape index (κ2) is 10.3. The number of piperazine rings is 1. The molecule has 1 atom stereocenters. The summed E-state index contributed by atoms with van der Waals surface area (Å²) in [5.41, 5.74) is 2.03. The molecule has 2 fully saturated rings. The third-order valence-electron chi connectivity index (χ3n) is 6.66. The molecule has 1 saturated carbocycles. The van der Waals surface area contributed by atoms with Gasteiger partial charge in [-0.05, 0) is 25.3 Å². The SMILES string of the molecule is CCOC(=O)C1=C(CN2CCN(C3CCCCC3)CC2)NC(=O)NC1c1ccccc1. The van der Waals surface area contributed by atoms with Crippen LogP contribution in [0.25, 0.3) is 0 Å². The van der Waals surface area contributed by atoms with E-state index in [-0.39, 0.29) is 12.0 Å². The molecular formula is C24H34N4O3. The smallest absolute Gasteiger partial charge is 0.338 e. The maximum absolute atomic E-state index is 12.9. The number of carbonyl (C=O) groups excluding carboxylic acids is 2. The lowest BCUT2D eigenvalue weighted by Crippen LogP contribution is -2.53. The predicted molar refractivity (Wildman–Crippen MR) is 119 cm³/mol. The van der Waals surface area contributed by atoms with Crippen molar-refractivity contribution in [3.8, 4) is 0 Å². The Labute approximate surface area is 184 Å². The highest BCUT2D eigenvalue weighted by Crippen LogP contribution is 2.29. The van der Waals surface area contributed by atoms with Gasteiger partial charge in [0.1, 0.15) is 0 Å². The first-order chi connectivity index (χ1) is 15.2. The molecular weight excluding hydrogens is 392 g/mol. The Balaban J connectivity index is 1.50. The lowest BCUT2D eigenvalue weighted by atomic mass is 9.93. The zero-order valence-electron chi connectivity index (χ0n) is 18.4. The Morgan fingerprint density at radius 3 is 2.45 bits per heavy atom. The Morgan fingerprint density at radius 1 is 1.06 bits per heavy atom. The number of esters is 1. The molecule has 3 aliphatic rings. The van der Waals surface area contributed by atoms with Crippen molar-refractivity contribution in [2.24, 2.45) is 0 Å². The summed E-state index contributed by atoms with van der Waals surface area (Å²) < 4.78 is 5.37. The van der Waals surface area contributed by atoms with E-state index in [1.165, 1.54) is 32.1 Å². The highest BCUT2D eigenvalue weighted by atomic mass is 16.5. The van der Waals surface area contributed by atoms with Crippen molar-refractivity contribution in [2.45, 2.75) is 51.1 Å². The predicted octanol–water partition coefficient (Wildman–Crippen LogP) is 2.81. The zero-order chi connectivity index (χ0) is 21.6. The summed E-state index contributed by atoms with van der Waals surface area (Å²) >= 11 is 0. The van der Waals surface area contributed by atoms with E-state index in [0.29, 0.717) is 24.4 Å². The molecule has 0 bridgehead atoms. The van der Waals surface area contributed by atoms with Gasteiger partial charge in [-0.1, -0.05) is 49.6 Å². The van der Waals surface area contributed by atoms with Crippen LogP contribution in [0, 0.1) is 0 Å². The Morgan fingerprint density at radius 2 is 1.77 bits per heavy atom. The molecule has 1 unspecified atom stereocenters. The molecule has 0 radical (unpaired) electrons. The monoisotopic (exact) mass is 426 g/mol. The van der Waals surface area contributed by atoms with Crippen LogP contribution in [-0.4, -0.2) is 67.2 Å². The number of carbonyl (C=O) groups is 2. The summed E-state index contributed by atoms with van der Waals surface area (Å²) in [4.78, 5) is 30.3. The van der Waals surface area contributed by atoms with E-state index in [0.717, 1.165) is 37.8 Å². The highest BCUT2D eigenvalue weighted by Gasteiger charge is 2.35. The van der Waals surface area contributed by atoms with Crippen molar-refractivity contribution in [2.75, 3.05) is 39.3 Å². The molecule has 4 rings (SSSR count). The van der Waals surface area contributed by atoms with Crippen LogP contribution in [0.4, 0.5) is 4.79 Å². The molecule has 7 nitrogen and oxygen atoms in total. The van der Waals surface area contributed by atoms with Crippen molar-refractivity contribution in [1.29, 1.82) is 0 Å². The lowest BCUT2D eigenvalue weighted by molar-refractivity contribution is -0.139. The van der Waals surface area contributed by atoms with Gasteiger partial charge in [0.2, 0.25) is 0 Å². The van der Waals surface area contributed by atoms with Crippen molar-refractivity contribution in [3.63, 3.8) is 0 Å². The van der Waals surface area contributed by atoms with Gasteiger partial charge in [-0.2, -0.15) is 0 Å². The summed E-state index contributed by atoms with van der Waals surface area (Å²) in [6.45, 7) is 6.61. The number of nitrogens with zero attached hydrogens (tertiary/aromatic N) is 2. The second-order valence-corrected chi connectivity index (χ2v) is 8.66. The number of hydrogen-bond acceptors (Lipinski definition) is 5. The van der Waals surface area contributed by atoms with Gasteiger partial charge in [-0.15, -0.1) is 0 Å². The van der Waals surface area contributed by atoms with Gasteiger partial charge < -0.3 is 15.4 Å². The molecule has 0 spiro atoms. The quantitative estimate of drug-likeness (QED) is 0.685. The van der Waals surface area contributed by atoms with Crippen LogP contribution < -0.4 is 10.6 Å². The summed E-state index contributed by atoms with van der Waals surface area (Å²) in [5, 5.41) is 5.80. The Bertz CT molecular complexity index is 796. The molecule has 7 heteroatoms. The minimum absolute atomic E-state index is 0.280. The number of benzene rings is 1. The molecule has 1 aliphatic carbocycles. The molecule has 2 N–H and O–H groups in total. The van der Waals surface area contributed by atoms with Gasteiger partial charge in [-0.25, -0.2) is 9.59 Å². The first-order valence-corrected chi connectivity index (χ1v) is 11.6. The van der Waals surface area contributed by atoms with Crippen molar-refractivity contribution in [1.82, 2.24) is 20.4 Å². The Kier molecular flexibility index (Phi) is 7.25.